The van der Waals surface area contributed by atoms with Crippen LogP contribution in [0, 0.1) is 0 Å². The maximum Gasteiger partial charge on any atom is 0.244 e. The van der Waals surface area contributed by atoms with Gasteiger partial charge in [-0.2, -0.15) is 0 Å². The van der Waals surface area contributed by atoms with Gasteiger partial charge < -0.3 is 25.2 Å². The van der Waals surface area contributed by atoms with E-state index in [2.05, 4.69) is 10.6 Å². The highest BCUT2D eigenvalue weighted by molar-refractivity contribution is 7.80. The third-order valence-corrected chi connectivity index (χ3v) is 4.56. The zero-order valence-corrected chi connectivity index (χ0v) is 14.0. The van der Waals surface area contributed by atoms with Crippen molar-refractivity contribution in [3.63, 3.8) is 0 Å². The monoisotopic (exact) mass is 335 g/mol. The number of carbonyl (C=O) groups is 1. The molecule has 1 aromatic carbocycles. The van der Waals surface area contributed by atoms with E-state index < -0.39 is 0 Å². The molecule has 3 N–H and O–H groups in total. The van der Waals surface area contributed by atoms with Gasteiger partial charge >= 0.3 is 0 Å². The van der Waals surface area contributed by atoms with Gasteiger partial charge in [-0.1, -0.05) is 12.1 Å². The minimum atomic E-state index is -0.0365. The van der Waals surface area contributed by atoms with Crippen LogP contribution in [0.25, 0.3) is 0 Å². The lowest BCUT2D eigenvalue weighted by molar-refractivity contribution is -0.908. The van der Waals surface area contributed by atoms with Gasteiger partial charge in [0.25, 0.3) is 0 Å². The molecule has 0 unspecified atom stereocenters. The molecule has 1 saturated heterocycles. The predicted molar refractivity (Wildman–Crippen MR) is 94.0 cm³/mol. The maximum atomic E-state index is 11.8. The second-order valence-electron chi connectivity index (χ2n) is 5.85. The number of nitrogens with zero attached hydrogens (tertiary/aromatic N) is 1. The van der Waals surface area contributed by atoms with Crippen LogP contribution in [0.15, 0.2) is 24.3 Å². The van der Waals surface area contributed by atoms with Crippen LogP contribution < -0.4 is 20.4 Å². The van der Waals surface area contributed by atoms with Crippen molar-refractivity contribution in [1.82, 2.24) is 5.32 Å². The number of ether oxygens (including phenoxy) is 1. The summed E-state index contributed by atoms with van der Waals surface area (Å²) in [5, 5.41) is 6.77. The Bertz CT molecular complexity index is 575. The molecule has 2 heterocycles. The van der Waals surface area contributed by atoms with E-state index in [9.17, 15) is 4.79 Å². The van der Waals surface area contributed by atoms with Gasteiger partial charge in [0.15, 0.2) is 5.11 Å². The van der Waals surface area contributed by atoms with E-state index in [0.717, 1.165) is 57.2 Å². The van der Waals surface area contributed by atoms with Crippen LogP contribution >= 0.6 is 12.2 Å². The Morgan fingerprint density at radius 2 is 2.13 bits per heavy atom. The van der Waals surface area contributed by atoms with E-state index in [0.29, 0.717) is 5.11 Å². The maximum absolute atomic E-state index is 11.8. The molecule has 0 bridgehead atoms. The van der Waals surface area contributed by atoms with E-state index in [1.807, 2.05) is 29.2 Å². The standard InChI is InChI=1S/C16H22N4O2S/c21-15-12-20(14-5-2-1-4-13(14)18-15)16(23)17-6-3-7-19-8-10-22-11-9-19/h1-2,4-5H,3,6-12H2,(H,17,23)(H,18,21)/p+1. The number of fused-ring (bicyclic) bond motifs is 1. The lowest BCUT2D eigenvalue weighted by Gasteiger charge is -2.31. The average Bonchev–Trinajstić information content (AvgIpc) is 2.58. The Hall–Kier alpha value is -1.70. The van der Waals surface area contributed by atoms with Crippen LogP contribution in [0.2, 0.25) is 0 Å². The minimum Gasteiger partial charge on any atom is -0.370 e. The molecule has 1 amide bonds. The molecule has 1 aromatic rings. The molecule has 1 fully saturated rings. The lowest BCUT2D eigenvalue weighted by Crippen LogP contribution is -3.14. The Balaban J connectivity index is 1.49. The van der Waals surface area contributed by atoms with Crippen molar-refractivity contribution in [1.29, 1.82) is 0 Å². The molecule has 0 radical (unpaired) electrons. The summed E-state index contributed by atoms with van der Waals surface area (Å²) >= 11 is 5.48. The number of para-hydroxylation sites is 2. The highest BCUT2D eigenvalue weighted by Gasteiger charge is 2.24. The van der Waals surface area contributed by atoms with Crippen molar-refractivity contribution in [2.24, 2.45) is 0 Å². The molecule has 0 saturated carbocycles. The summed E-state index contributed by atoms with van der Waals surface area (Å²) < 4.78 is 5.37. The fraction of sp³-hybridized carbons (Fsp3) is 0.500. The fourth-order valence-corrected chi connectivity index (χ4v) is 3.22. The topological polar surface area (TPSA) is 58.0 Å². The van der Waals surface area contributed by atoms with Crippen molar-refractivity contribution in [2.45, 2.75) is 6.42 Å². The van der Waals surface area contributed by atoms with E-state index in [1.165, 1.54) is 0 Å². The minimum absolute atomic E-state index is 0.0365. The molecule has 2 aliphatic heterocycles. The number of carbonyl (C=O) groups excluding carboxylic acids is 1. The summed E-state index contributed by atoms with van der Waals surface area (Å²) in [6, 6.07) is 7.72. The van der Waals surface area contributed by atoms with Crippen molar-refractivity contribution in [2.75, 3.05) is 56.2 Å². The zero-order chi connectivity index (χ0) is 16.1. The number of hydrogen-bond acceptors (Lipinski definition) is 3. The van der Waals surface area contributed by atoms with E-state index in [-0.39, 0.29) is 12.5 Å². The summed E-state index contributed by atoms with van der Waals surface area (Å²) in [6.45, 7) is 6.10. The molecule has 23 heavy (non-hydrogen) atoms. The van der Waals surface area contributed by atoms with E-state index in [4.69, 9.17) is 17.0 Å². The first kappa shape index (κ1) is 16.2. The van der Waals surface area contributed by atoms with Crippen molar-refractivity contribution < 1.29 is 14.4 Å². The smallest absolute Gasteiger partial charge is 0.244 e. The highest BCUT2D eigenvalue weighted by atomic mass is 32.1. The van der Waals surface area contributed by atoms with Crippen LogP contribution in [-0.4, -0.2) is 57.0 Å². The lowest BCUT2D eigenvalue weighted by atomic mass is 10.2. The Morgan fingerprint density at radius 1 is 1.35 bits per heavy atom. The quantitative estimate of drug-likeness (QED) is 0.518. The Labute approximate surface area is 141 Å². The number of quaternary nitrogens is 1. The molecule has 7 heteroatoms. The van der Waals surface area contributed by atoms with Gasteiger partial charge in [0.05, 0.1) is 31.1 Å². The van der Waals surface area contributed by atoms with Gasteiger partial charge in [0.1, 0.15) is 19.6 Å². The molecular formula is C16H23N4O2S+. The number of rotatable bonds is 4. The first-order valence-corrected chi connectivity index (χ1v) is 8.50. The normalized spacial score (nSPS) is 18.3. The average molecular weight is 335 g/mol. The molecule has 124 valence electrons. The van der Waals surface area contributed by atoms with Gasteiger partial charge in [-0.25, -0.2) is 0 Å². The van der Waals surface area contributed by atoms with Gasteiger partial charge in [-0.05, 0) is 24.4 Å². The van der Waals surface area contributed by atoms with Crippen molar-refractivity contribution >= 4 is 34.6 Å². The molecule has 6 nitrogen and oxygen atoms in total. The van der Waals surface area contributed by atoms with Gasteiger partial charge in [0.2, 0.25) is 5.91 Å². The zero-order valence-electron chi connectivity index (χ0n) is 13.1. The third kappa shape index (κ3) is 4.19. The van der Waals surface area contributed by atoms with Crippen LogP contribution in [0.3, 0.4) is 0 Å². The molecule has 0 spiro atoms. The van der Waals surface area contributed by atoms with Crippen LogP contribution in [-0.2, 0) is 9.53 Å². The summed E-state index contributed by atoms with van der Waals surface area (Å²) in [7, 11) is 0. The molecular weight excluding hydrogens is 312 g/mol. The van der Waals surface area contributed by atoms with Crippen LogP contribution in [0.1, 0.15) is 6.42 Å². The number of nitrogens with one attached hydrogen (secondary N) is 3. The van der Waals surface area contributed by atoms with Crippen molar-refractivity contribution in [3.8, 4) is 0 Å². The predicted octanol–water partition coefficient (Wildman–Crippen LogP) is -0.375. The van der Waals surface area contributed by atoms with Gasteiger partial charge in [-0.3, -0.25) is 4.79 Å². The largest absolute Gasteiger partial charge is 0.370 e. The molecule has 0 aromatic heterocycles. The summed E-state index contributed by atoms with van der Waals surface area (Å²) in [5.74, 6) is -0.0365. The fourth-order valence-electron chi connectivity index (χ4n) is 2.95. The van der Waals surface area contributed by atoms with E-state index in [1.54, 1.807) is 4.90 Å². The number of hydrogen-bond donors (Lipinski definition) is 3. The van der Waals surface area contributed by atoms with Gasteiger partial charge in [0, 0.05) is 13.0 Å². The third-order valence-electron chi connectivity index (χ3n) is 4.20. The number of anilines is 2. The molecule has 3 rings (SSSR count). The summed E-state index contributed by atoms with van der Waals surface area (Å²) in [4.78, 5) is 15.3. The Morgan fingerprint density at radius 3 is 2.96 bits per heavy atom. The highest BCUT2D eigenvalue weighted by Crippen LogP contribution is 2.28. The molecule has 0 atom stereocenters. The first-order valence-electron chi connectivity index (χ1n) is 8.09. The first-order chi connectivity index (χ1) is 11.2. The molecule has 0 aliphatic carbocycles. The number of thiocarbonyl (C=S) groups is 1. The Kier molecular flexibility index (Phi) is 5.43. The number of morpholine rings is 1. The second kappa shape index (κ2) is 7.72. The van der Waals surface area contributed by atoms with Crippen LogP contribution in [0.4, 0.5) is 11.4 Å². The number of amides is 1. The van der Waals surface area contributed by atoms with Gasteiger partial charge in [-0.15, -0.1) is 0 Å². The van der Waals surface area contributed by atoms with Crippen LogP contribution in [0.5, 0.6) is 0 Å². The molecule has 2 aliphatic rings. The second-order valence-corrected chi connectivity index (χ2v) is 6.24. The summed E-state index contributed by atoms with van der Waals surface area (Å²) in [5.41, 5.74) is 1.76. The number of benzene rings is 1. The summed E-state index contributed by atoms with van der Waals surface area (Å²) in [6.07, 6.45) is 1.05. The van der Waals surface area contributed by atoms with E-state index >= 15 is 0 Å². The van der Waals surface area contributed by atoms with Crippen molar-refractivity contribution in [3.05, 3.63) is 24.3 Å². The SMILES string of the molecule is O=C1CN(C(=S)NCCC[NH+]2CCOCC2)c2ccccc2N1.